The van der Waals surface area contributed by atoms with Crippen LogP contribution in [-0.4, -0.2) is 28.8 Å². The first kappa shape index (κ1) is 20.5. The third-order valence-electron chi connectivity index (χ3n) is 3.89. The predicted molar refractivity (Wildman–Crippen MR) is 96.0 cm³/mol. The first-order chi connectivity index (χ1) is 11.7. The van der Waals surface area contributed by atoms with E-state index in [2.05, 4.69) is 10.5 Å². The van der Waals surface area contributed by atoms with Crippen molar-refractivity contribution >= 4 is 23.3 Å². The van der Waals surface area contributed by atoms with Crippen LogP contribution < -0.4 is 5.43 Å². The number of anilines is 1. The molecule has 1 N–H and O–H groups in total. The van der Waals surface area contributed by atoms with Crippen LogP contribution in [0, 0.1) is 26.1 Å². The molecule has 0 heterocycles. The highest BCUT2D eigenvalue weighted by molar-refractivity contribution is 5.68. The highest BCUT2D eigenvalue weighted by Gasteiger charge is 2.19. The molecule has 25 heavy (non-hydrogen) atoms. The van der Waals surface area contributed by atoms with Crippen molar-refractivity contribution < 1.29 is 14.6 Å². The molecule has 0 aromatic heterocycles. The van der Waals surface area contributed by atoms with Crippen molar-refractivity contribution in [3.63, 3.8) is 0 Å². The fourth-order valence-corrected chi connectivity index (χ4v) is 2.14. The van der Waals surface area contributed by atoms with E-state index in [1.165, 1.54) is 12.1 Å². The Morgan fingerprint density at radius 1 is 1.32 bits per heavy atom. The summed E-state index contributed by atoms with van der Waals surface area (Å²) in [7, 11) is 1.69. The molecule has 0 aliphatic rings. The lowest BCUT2D eigenvalue weighted by Gasteiger charge is -2.22. The number of hydrogen-bond acceptors (Lipinski definition) is 7. The summed E-state index contributed by atoms with van der Waals surface area (Å²) in [6.07, 6.45) is 4.46. The van der Waals surface area contributed by atoms with E-state index in [1.54, 1.807) is 13.3 Å². The maximum Gasteiger partial charge on any atom is 0.301 e. The van der Waals surface area contributed by atoms with E-state index in [9.17, 15) is 20.2 Å². The number of nitrogens with one attached hydrogen (secondary N) is 1. The molecule has 1 atom stereocenters. The highest BCUT2D eigenvalue weighted by Crippen LogP contribution is 2.28. The molecule has 0 aliphatic heterocycles. The number of nitro groups is 2. The van der Waals surface area contributed by atoms with Gasteiger partial charge in [-0.2, -0.15) is 5.10 Å². The summed E-state index contributed by atoms with van der Waals surface area (Å²) in [5, 5.41) is 25.8. The zero-order valence-corrected chi connectivity index (χ0v) is 14.9. The Labute approximate surface area is 146 Å². The van der Waals surface area contributed by atoms with Gasteiger partial charge in [-0.15, -0.1) is 0 Å². The van der Waals surface area contributed by atoms with Gasteiger partial charge in [0.25, 0.3) is 5.69 Å². The average molecular weight is 352 g/mol. The van der Waals surface area contributed by atoms with Crippen LogP contribution >= 0.6 is 0 Å². The van der Waals surface area contributed by atoms with Crippen LogP contribution in [0.5, 0.6) is 0 Å². The molecule has 0 spiro atoms. The third-order valence-corrected chi connectivity index (χ3v) is 3.89. The van der Waals surface area contributed by atoms with Crippen LogP contribution in [0.25, 0.3) is 0 Å². The number of rotatable bonds is 10. The summed E-state index contributed by atoms with van der Waals surface area (Å²) >= 11 is 0. The molecular weight excluding hydrogens is 328 g/mol. The third kappa shape index (κ3) is 6.84. The summed E-state index contributed by atoms with van der Waals surface area (Å²) in [5.41, 5.74) is 1.82. The maximum absolute atomic E-state index is 11.0. The SMILES string of the molecule is COC(C)(C)CCC[C@@H](C)/C=N\Nc1ccc([N+](=O)[O-])cc1[N+](=O)[O-]. The van der Waals surface area contributed by atoms with Gasteiger partial charge in [0, 0.05) is 19.4 Å². The summed E-state index contributed by atoms with van der Waals surface area (Å²) < 4.78 is 5.36. The summed E-state index contributed by atoms with van der Waals surface area (Å²) in [5.74, 6) is 0.178. The van der Waals surface area contributed by atoms with Crippen molar-refractivity contribution in [1.82, 2.24) is 0 Å². The molecule has 0 saturated heterocycles. The number of non-ortho nitro benzene ring substituents is 1. The van der Waals surface area contributed by atoms with Gasteiger partial charge in [-0.05, 0) is 45.1 Å². The molecule has 0 unspecified atom stereocenters. The highest BCUT2D eigenvalue weighted by atomic mass is 16.6. The van der Waals surface area contributed by atoms with Gasteiger partial charge in [-0.1, -0.05) is 6.92 Å². The standard InChI is InChI=1S/C16H24N4O5/c1-12(6-5-9-16(2,3)25-4)11-17-18-14-8-7-13(19(21)22)10-15(14)20(23)24/h7-8,10-12,18H,5-6,9H2,1-4H3/b17-11-/t12-/m1/s1. The second-order valence-electron chi connectivity index (χ2n) is 6.44. The van der Waals surface area contributed by atoms with E-state index in [4.69, 9.17) is 4.74 Å². The summed E-state index contributed by atoms with van der Waals surface area (Å²) in [6, 6.07) is 3.38. The Bertz CT molecular complexity index is 645. The van der Waals surface area contributed by atoms with Crippen LogP contribution in [0.1, 0.15) is 40.0 Å². The summed E-state index contributed by atoms with van der Waals surface area (Å²) in [4.78, 5) is 20.4. The fraction of sp³-hybridized carbons (Fsp3) is 0.562. The van der Waals surface area contributed by atoms with Gasteiger partial charge in [0.2, 0.25) is 0 Å². The minimum absolute atomic E-state index is 0.111. The molecular formula is C16H24N4O5. The van der Waals surface area contributed by atoms with E-state index >= 15 is 0 Å². The zero-order valence-electron chi connectivity index (χ0n) is 14.9. The van der Waals surface area contributed by atoms with Crippen molar-refractivity contribution in [2.75, 3.05) is 12.5 Å². The summed E-state index contributed by atoms with van der Waals surface area (Å²) in [6.45, 7) is 6.05. The van der Waals surface area contributed by atoms with Gasteiger partial charge in [0.15, 0.2) is 0 Å². The lowest BCUT2D eigenvalue weighted by Crippen LogP contribution is -2.22. The average Bonchev–Trinajstić information content (AvgIpc) is 2.54. The van der Waals surface area contributed by atoms with E-state index < -0.39 is 9.85 Å². The number of methoxy groups -OCH3 is 1. The first-order valence-electron chi connectivity index (χ1n) is 7.93. The molecule has 1 aromatic rings. The van der Waals surface area contributed by atoms with E-state index in [-0.39, 0.29) is 28.6 Å². The molecule has 1 aromatic carbocycles. The minimum Gasteiger partial charge on any atom is -0.379 e. The van der Waals surface area contributed by atoms with Crippen LogP contribution in [0.2, 0.25) is 0 Å². The van der Waals surface area contributed by atoms with Gasteiger partial charge in [-0.25, -0.2) is 0 Å². The van der Waals surface area contributed by atoms with E-state index in [0.29, 0.717) is 0 Å². The largest absolute Gasteiger partial charge is 0.379 e. The Morgan fingerprint density at radius 3 is 2.56 bits per heavy atom. The van der Waals surface area contributed by atoms with Crippen molar-refractivity contribution in [1.29, 1.82) is 0 Å². The van der Waals surface area contributed by atoms with Gasteiger partial charge in [0.05, 0.1) is 21.5 Å². The second kappa shape index (κ2) is 9.07. The van der Waals surface area contributed by atoms with E-state index in [0.717, 1.165) is 25.3 Å². The van der Waals surface area contributed by atoms with Crippen molar-refractivity contribution in [2.45, 2.75) is 45.6 Å². The number of hydrazone groups is 1. The fourth-order valence-electron chi connectivity index (χ4n) is 2.14. The molecule has 0 fully saturated rings. The zero-order chi connectivity index (χ0) is 19.0. The molecule has 1 rings (SSSR count). The molecule has 0 radical (unpaired) electrons. The lowest BCUT2D eigenvalue weighted by atomic mass is 9.97. The predicted octanol–water partition coefficient (Wildman–Crippen LogP) is 4.13. The lowest BCUT2D eigenvalue weighted by molar-refractivity contribution is -0.393. The van der Waals surface area contributed by atoms with Crippen molar-refractivity contribution in [3.05, 3.63) is 38.4 Å². The second-order valence-corrected chi connectivity index (χ2v) is 6.44. The Hall–Kier alpha value is -2.55. The van der Waals surface area contributed by atoms with Gasteiger partial charge in [0.1, 0.15) is 5.69 Å². The Balaban J connectivity index is 2.63. The maximum atomic E-state index is 11.0. The van der Waals surface area contributed by atoms with Crippen LogP contribution in [-0.2, 0) is 4.74 Å². The molecule has 0 saturated carbocycles. The van der Waals surface area contributed by atoms with Crippen LogP contribution in [0.15, 0.2) is 23.3 Å². The number of nitro benzene ring substituents is 2. The quantitative estimate of drug-likeness (QED) is 0.384. The molecule has 138 valence electrons. The number of ether oxygens (including phenoxy) is 1. The van der Waals surface area contributed by atoms with Gasteiger partial charge >= 0.3 is 5.69 Å². The first-order valence-corrected chi connectivity index (χ1v) is 7.93. The van der Waals surface area contributed by atoms with Crippen LogP contribution in [0.3, 0.4) is 0 Å². The molecule has 9 nitrogen and oxygen atoms in total. The topological polar surface area (TPSA) is 120 Å². The van der Waals surface area contributed by atoms with Gasteiger partial charge < -0.3 is 4.74 Å². The molecule has 0 amide bonds. The smallest absolute Gasteiger partial charge is 0.301 e. The number of nitrogens with zero attached hydrogens (tertiary/aromatic N) is 3. The number of benzene rings is 1. The molecule has 0 bridgehead atoms. The Morgan fingerprint density at radius 2 is 2.00 bits per heavy atom. The minimum atomic E-state index is -0.679. The molecule has 0 aliphatic carbocycles. The monoisotopic (exact) mass is 352 g/mol. The normalized spacial score (nSPS) is 13.0. The van der Waals surface area contributed by atoms with Crippen LogP contribution in [0.4, 0.5) is 17.1 Å². The van der Waals surface area contributed by atoms with Gasteiger partial charge in [-0.3, -0.25) is 25.7 Å². The molecule has 9 heteroatoms. The van der Waals surface area contributed by atoms with Crippen molar-refractivity contribution in [3.8, 4) is 0 Å². The van der Waals surface area contributed by atoms with Crippen molar-refractivity contribution in [2.24, 2.45) is 11.0 Å². The number of hydrogen-bond donors (Lipinski definition) is 1. The van der Waals surface area contributed by atoms with E-state index in [1.807, 2.05) is 20.8 Å². The Kier molecular flexibility index (Phi) is 7.43.